The molecule has 0 aliphatic carbocycles. The zero-order valence-corrected chi connectivity index (χ0v) is 10.8. The first-order valence-electron chi connectivity index (χ1n) is 4.67. The Morgan fingerprint density at radius 1 is 1.06 bits per heavy atom. The summed E-state index contributed by atoms with van der Waals surface area (Å²) in [6, 6.07) is 13.0. The normalized spacial score (nSPS) is 10.1. The third-order valence-corrected chi connectivity index (χ3v) is 2.93. The fraction of sp³-hybridized carbons (Fsp3) is 0. The summed E-state index contributed by atoms with van der Waals surface area (Å²) in [5, 5.41) is 0. The SMILES string of the molecule is Nc1cc(Oc2cccc(Br)c2)ccc1S. The van der Waals surface area contributed by atoms with Gasteiger partial charge < -0.3 is 10.5 Å². The Balaban J connectivity index is 2.24. The third-order valence-electron chi connectivity index (χ3n) is 2.03. The van der Waals surface area contributed by atoms with Crippen LogP contribution in [0, 0.1) is 0 Å². The average molecular weight is 296 g/mol. The van der Waals surface area contributed by atoms with E-state index in [9.17, 15) is 0 Å². The Morgan fingerprint density at radius 3 is 2.50 bits per heavy atom. The smallest absolute Gasteiger partial charge is 0.129 e. The molecular formula is C12H10BrNOS. The number of anilines is 1. The maximum Gasteiger partial charge on any atom is 0.129 e. The number of nitrogen functional groups attached to an aromatic ring is 1. The molecule has 0 aromatic heterocycles. The number of nitrogens with two attached hydrogens (primary N) is 1. The van der Waals surface area contributed by atoms with Crippen molar-refractivity contribution in [3.8, 4) is 11.5 Å². The summed E-state index contributed by atoms with van der Waals surface area (Å²) in [6.07, 6.45) is 0. The van der Waals surface area contributed by atoms with Crippen molar-refractivity contribution < 1.29 is 4.74 Å². The lowest BCUT2D eigenvalue weighted by Crippen LogP contribution is -1.89. The molecular weight excluding hydrogens is 286 g/mol. The highest BCUT2D eigenvalue weighted by Crippen LogP contribution is 2.28. The van der Waals surface area contributed by atoms with Crippen molar-refractivity contribution in [3.63, 3.8) is 0 Å². The van der Waals surface area contributed by atoms with Crippen LogP contribution in [0.4, 0.5) is 5.69 Å². The van der Waals surface area contributed by atoms with E-state index in [0.717, 1.165) is 15.1 Å². The number of thiol groups is 1. The van der Waals surface area contributed by atoms with Crippen molar-refractivity contribution in [1.82, 2.24) is 0 Å². The molecule has 0 aliphatic rings. The topological polar surface area (TPSA) is 35.2 Å². The maximum absolute atomic E-state index is 5.74. The van der Waals surface area contributed by atoms with Gasteiger partial charge in [0.15, 0.2) is 0 Å². The molecule has 16 heavy (non-hydrogen) atoms. The largest absolute Gasteiger partial charge is 0.457 e. The van der Waals surface area contributed by atoms with Gasteiger partial charge >= 0.3 is 0 Å². The monoisotopic (exact) mass is 295 g/mol. The van der Waals surface area contributed by atoms with E-state index in [1.54, 1.807) is 6.07 Å². The van der Waals surface area contributed by atoms with Crippen molar-refractivity contribution in [2.45, 2.75) is 4.90 Å². The van der Waals surface area contributed by atoms with Crippen molar-refractivity contribution in [3.05, 3.63) is 46.9 Å². The summed E-state index contributed by atoms with van der Waals surface area (Å²) in [5.74, 6) is 1.47. The number of hydrogen-bond acceptors (Lipinski definition) is 3. The Bertz CT molecular complexity index is 516. The highest BCUT2D eigenvalue weighted by atomic mass is 79.9. The molecule has 2 aromatic carbocycles. The molecule has 2 aromatic rings. The molecule has 0 saturated heterocycles. The van der Waals surface area contributed by atoms with E-state index in [4.69, 9.17) is 10.5 Å². The number of ether oxygens (including phenoxy) is 1. The minimum atomic E-state index is 0.607. The van der Waals surface area contributed by atoms with E-state index in [-0.39, 0.29) is 0 Å². The second-order valence-corrected chi connectivity index (χ2v) is 4.68. The number of halogens is 1. The summed E-state index contributed by atoms with van der Waals surface area (Å²) in [4.78, 5) is 0.751. The molecule has 0 fully saturated rings. The molecule has 0 atom stereocenters. The van der Waals surface area contributed by atoms with Crippen LogP contribution < -0.4 is 10.5 Å². The Morgan fingerprint density at radius 2 is 1.81 bits per heavy atom. The first kappa shape index (κ1) is 11.4. The summed E-state index contributed by atoms with van der Waals surface area (Å²) in [5.41, 5.74) is 6.35. The molecule has 2 rings (SSSR count). The second-order valence-electron chi connectivity index (χ2n) is 3.28. The van der Waals surface area contributed by atoms with E-state index >= 15 is 0 Å². The lowest BCUT2D eigenvalue weighted by molar-refractivity contribution is 0.482. The van der Waals surface area contributed by atoms with Gasteiger partial charge in [-0.3, -0.25) is 0 Å². The van der Waals surface area contributed by atoms with Gasteiger partial charge in [-0.1, -0.05) is 22.0 Å². The first-order valence-corrected chi connectivity index (χ1v) is 5.91. The molecule has 0 spiro atoms. The van der Waals surface area contributed by atoms with E-state index < -0.39 is 0 Å². The van der Waals surface area contributed by atoms with Crippen LogP contribution in [0.5, 0.6) is 11.5 Å². The summed E-state index contributed by atoms with van der Waals surface area (Å²) in [6.45, 7) is 0. The molecule has 0 saturated carbocycles. The average Bonchev–Trinajstić information content (AvgIpc) is 2.24. The van der Waals surface area contributed by atoms with Crippen LogP contribution in [0.2, 0.25) is 0 Å². The second kappa shape index (κ2) is 4.80. The summed E-state index contributed by atoms with van der Waals surface area (Å²) in [7, 11) is 0. The number of hydrogen-bond donors (Lipinski definition) is 2. The van der Waals surface area contributed by atoms with Crippen LogP contribution in [0.1, 0.15) is 0 Å². The number of rotatable bonds is 2. The van der Waals surface area contributed by atoms with Gasteiger partial charge in [-0.25, -0.2) is 0 Å². The van der Waals surface area contributed by atoms with Gasteiger partial charge in [0, 0.05) is 21.1 Å². The molecule has 4 heteroatoms. The fourth-order valence-corrected chi connectivity index (χ4v) is 1.78. The molecule has 0 heterocycles. The van der Waals surface area contributed by atoms with Gasteiger partial charge in [0.2, 0.25) is 0 Å². The summed E-state index contributed by atoms with van der Waals surface area (Å²) < 4.78 is 6.63. The van der Waals surface area contributed by atoms with Crippen LogP contribution in [0.15, 0.2) is 51.8 Å². The van der Waals surface area contributed by atoms with E-state index in [1.807, 2.05) is 36.4 Å². The van der Waals surface area contributed by atoms with Crippen LogP contribution in [-0.2, 0) is 0 Å². The molecule has 2 nitrogen and oxygen atoms in total. The molecule has 82 valence electrons. The fourth-order valence-electron chi connectivity index (χ4n) is 1.26. The zero-order valence-electron chi connectivity index (χ0n) is 8.35. The van der Waals surface area contributed by atoms with Gasteiger partial charge in [-0.2, -0.15) is 0 Å². The van der Waals surface area contributed by atoms with Gasteiger partial charge in [0.05, 0.1) is 0 Å². The first-order chi connectivity index (χ1) is 7.65. The maximum atomic E-state index is 5.74. The Labute approximate surface area is 108 Å². The van der Waals surface area contributed by atoms with Crippen LogP contribution in [0.3, 0.4) is 0 Å². The van der Waals surface area contributed by atoms with Gasteiger partial charge in [0.1, 0.15) is 11.5 Å². The van der Waals surface area contributed by atoms with E-state index in [2.05, 4.69) is 28.6 Å². The predicted molar refractivity (Wildman–Crippen MR) is 72.3 cm³/mol. The molecule has 0 unspecified atom stereocenters. The van der Waals surface area contributed by atoms with Crippen molar-refractivity contribution in [1.29, 1.82) is 0 Å². The van der Waals surface area contributed by atoms with Crippen LogP contribution in [-0.4, -0.2) is 0 Å². The Hall–Kier alpha value is -1.13. The van der Waals surface area contributed by atoms with Gasteiger partial charge in [-0.05, 0) is 30.3 Å². The number of benzene rings is 2. The third kappa shape index (κ3) is 2.71. The van der Waals surface area contributed by atoms with E-state index in [1.165, 1.54) is 0 Å². The predicted octanol–water partition coefficient (Wildman–Crippen LogP) is 4.11. The quantitative estimate of drug-likeness (QED) is 0.646. The standard InChI is InChI=1S/C12H10BrNOS/c13-8-2-1-3-9(6-8)15-10-4-5-12(16)11(14)7-10/h1-7,16H,14H2. The minimum Gasteiger partial charge on any atom is -0.457 e. The highest BCUT2D eigenvalue weighted by molar-refractivity contribution is 9.10. The van der Waals surface area contributed by atoms with Crippen LogP contribution in [0.25, 0.3) is 0 Å². The van der Waals surface area contributed by atoms with E-state index in [0.29, 0.717) is 11.4 Å². The zero-order chi connectivity index (χ0) is 11.5. The van der Waals surface area contributed by atoms with Crippen molar-refractivity contribution in [2.24, 2.45) is 0 Å². The van der Waals surface area contributed by atoms with Crippen molar-refractivity contribution in [2.75, 3.05) is 5.73 Å². The van der Waals surface area contributed by atoms with Gasteiger partial charge in [-0.15, -0.1) is 12.6 Å². The molecule has 2 N–H and O–H groups in total. The molecule has 0 amide bonds. The highest BCUT2D eigenvalue weighted by Gasteiger charge is 2.00. The lowest BCUT2D eigenvalue weighted by atomic mass is 10.3. The lowest BCUT2D eigenvalue weighted by Gasteiger charge is -2.07. The van der Waals surface area contributed by atoms with Crippen LogP contribution >= 0.6 is 28.6 Å². The Kier molecular flexibility index (Phi) is 3.41. The molecule has 0 aliphatic heterocycles. The van der Waals surface area contributed by atoms with Crippen molar-refractivity contribution >= 4 is 34.2 Å². The molecule has 0 bridgehead atoms. The molecule has 0 radical (unpaired) electrons. The summed E-state index contributed by atoms with van der Waals surface area (Å²) >= 11 is 7.58. The minimum absolute atomic E-state index is 0.607. The van der Waals surface area contributed by atoms with Gasteiger partial charge in [0.25, 0.3) is 0 Å².